The summed E-state index contributed by atoms with van der Waals surface area (Å²) in [5, 5.41) is 9.24. The molecule has 3 heteroatoms. The van der Waals surface area contributed by atoms with Gasteiger partial charge in [0.1, 0.15) is 11.2 Å². The van der Waals surface area contributed by atoms with Crippen LogP contribution in [-0.4, -0.2) is 4.98 Å². The molecule has 0 aliphatic heterocycles. The molecule has 0 atom stereocenters. The average Bonchev–Trinajstić information content (AvgIpc) is 2.38. The maximum absolute atomic E-state index is 8.94. The van der Waals surface area contributed by atoms with Gasteiger partial charge < -0.3 is 0 Å². The van der Waals surface area contributed by atoms with Gasteiger partial charge in [-0.3, -0.25) is 0 Å². The first-order valence-electron chi connectivity index (χ1n) is 5.47. The molecule has 0 unspecified atom stereocenters. The van der Waals surface area contributed by atoms with Gasteiger partial charge in [-0.1, -0.05) is 35.9 Å². The van der Waals surface area contributed by atoms with E-state index in [9.17, 15) is 0 Å². The topological polar surface area (TPSA) is 36.7 Å². The van der Waals surface area contributed by atoms with Crippen LogP contribution in [-0.2, 0) is 12.8 Å². The molecule has 17 heavy (non-hydrogen) atoms. The summed E-state index contributed by atoms with van der Waals surface area (Å²) in [6.07, 6.45) is 1.92. The summed E-state index contributed by atoms with van der Waals surface area (Å²) < 4.78 is 0. The molecule has 2 aromatic rings. The third kappa shape index (κ3) is 1.60. The van der Waals surface area contributed by atoms with Crippen molar-refractivity contribution in [3.05, 3.63) is 52.2 Å². The first-order valence-corrected chi connectivity index (χ1v) is 5.85. The van der Waals surface area contributed by atoms with E-state index >= 15 is 0 Å². The van der Waals surface area contributed by atoms with E-state index in [2.05, 4.69) is 23.2 Å². The number of hydrogen-bond acceptors (Lipinski definition) is 2. The van der Waals surface area contributed by atoms with Crippen LogP contribution in [0.2, 0.25) is 5.15 Å². The Labute approximate surface area is 104 Å². The van der Waals surface area contributed by atoms with Crippen LogP contribution in [0, 0.1) is 11.3 Å². The Morgan fingerprint density at radius 1 is 1.18 bits per heavy atom. The van der Waals surface area contributed by atoms with Gasteiger partial charge in [-0.15, -0.1) is 0 Å². The van der Waals surface area contributed by atoms with E-state index in [-0.39, 0.29) is 0 Å². The minimum absolute atomic E-state index is 0.294. The van der Waals surface area contributed by atoms with Gasteiger partial charge in [-0.05, 0) is 30.0 Å². The predicted molar refractivity (Wildman–Crippen MR) is 66.8 cm³/mol. The fraction of sp³-hybridized carbons (Fsp3) is 0.143. The lowest BCUT2D eigenvalue weighted by molar-refractivity contribution is 0.926. The molecular formula is C14H9ClN2. The standard InChI is InChI=1S/C14H9ClN2/c15-14-11(8-16)7-10-6-5-9-3-1-2-4-12(9)13(10)17-14/h1-4,7H,5-6H2. The lowest BCUT2D eigenvalue weighted by atomic mass is 9.89. The molecule has 1 aromatic heterocycles. The lowest BCUT2D eigenvalue weighted by Gasteiger charge is -2.19. The van der Waals surface area contributed by atoms with Crippen LogP contribution in [0.3, 0.4) is 0 Å². The third-order valence-electron chi connectivity index (χ3n) is 3.11. The summed E-state index contributed by atoms with van der Waals surface area (Å²) in [6, 6.07) is 12.2. The molecule has 0 amide bonds. The number of halogens is 1. The molecule has 0 saturated heterocycles. The van der Waals surface area contributed by atoms with Gasteiger partial charge >= 0.3 is 0 Å². The number of benzene rings is 1. The van der Waals surface area contributed by atoms with Crippen molar-refractivity contribution >= 4 is 11.6 Å². The summed E-state index contributed by atoms with van der Waals surface area (Å²) >= 11 is 5.99. The zero-order chi connectivity index (χ0) is 11.8. The summed E-state index contributed by atoms with van der Waals surface area (Å²) in [4.78, 5) is 4.37. The number of aromatic nitrogens is 1. The van der Waals surface area contributed by atoms with Crippen molar-refractivity contribution < 1.29 is 0 Å². The molecule has 0 bridgehead atoms. The summed E-state index contributed by atoms with van der Waals surface area (Å²) in [7, 11) is 0. The zero-order valence-corrected chi connectivity index (χ0v) is 9.83. The van der Waals surface area contributed by atoms with Crippen molar-refractivity contribution in [2.45, 2.75) is 12.8 Å². The Morgan fingerprint density at radius 2 is 1.94 bits per heavy atom. The summed E-state index contributed by atoms with van der Waals surface area (Å²) in [5.74, 6) is 0. The first-order chi connectivity index (χ1) is 8.29. The molecule has 0 fully saturated rings. The zero-order valence-electron chi connectivity index (χ0n) is 9.07. The smallest absolute Gasteiger partial charge is 0.147 e. The number of pyridine rings is 1. The van der Waals surface area contributed by atoms with Crippen LogP contribution >= 0.6 is 11.6 Å². The molecule has 82 valence electrons. The molecule has 1 aliphatic rings. The van der Waals surface area contributed by atoms with Gasteiger partial charge in [0.05, 0.1) is 11.3 Å². The second-order valence-electron chi connectivity index (χ2n) is 4.10. The maximum Gasteiger partial charge on any atom is 0.147 e. The maximum atomic E-state index is 8.94. The first kappa shape index (κ1) is 10.3. The second kappa shape index (κ2) is 3.87. The Balaban J connectivity index is 2.27. The average molecular weight is 241 g/mol. The van der Waals surface area contributed by atoms with Crippen molar-refractivity contribution in [1.82, 2.24) is 4.98 Å². The van der Waals surface area contributed by atoms with E-state index in [1.165, 1.54) is 5.56 Å². The number of nitrogens with zero attached hydrogens (tertiary/aromatic N) is 2. The number of nitriles is 1. The van der Waals surface area contributed by atoms with Gasteiger partial charge in [-0.2, -0.15) is 5.26 Å². The monoisotopic (exact) mass is 240 g/mol. The van der Waals surface area contributed by atoms with E-state index in [1.54, 1.807) is 0 Å². The predicted octanol–water partition coefficient (Wildman–Crippen LogP) is 3.37. The molecular weight excluding hydrogens is 232 g/mol. The highest BCUT2D eigenvalue weighted by molar-refractivity contribution is 6.30. The molecule has 0 spiro atoms. The molecule has 1 heterocycles. The quantitative estimate of drug-likeness (QED) is 0.662. The van der Waals surface area contributed by atoms with Crippen LogP contribution in [0.1, 0.15) is 16.7 Å². The molecule has 0 saturated carbocycles. The van der Waals surface area contributed by atoms with E-state index in [0.717, 1.165) is 29.7 Å². The highest BCUT2D eigenvalue weighted by Crippen LogP contribution is 2.33. The van der Waals surface area contributed by atoms with Crippen LogP contribution in [0.25, 0.3) is 11.3 Å². The second-order valence-corrected chi connectivity index (χ2v) is 4.46. The minimum atomic E-state index is 0.294. The van der Waals surface area contributed by atoms with Crippen LogP contribution in [0.15, 0.2) is 30.3 Å². The molecule has 3 rings (SSSR count). The number of hydrogen-bond donors (Lipinski definition) is 0. The van der Waals surface area contributed by atoms with Crippen molar-refractivity contribution in [2.75, 3.05) is 0 Å². The Bertz CT molecular complexity index is 641. The number of aryl methyl sites for hydroxylation is 2. The molecule has 0 radical (unpaired) electrons. The Morgan fingerprint density at radius 3 is 2.76 bits per heavy atom. The molecule has 1 aromatic carbocycles. The van der Waals surface area contributed by atoms with E-state index in [0.29, 0.717) is 10.7 Å². The van der Waals surface area contributed by atoms with E-state index in [1.807, 2.05) is 18.2 Å². The SMILES string of the molecule is N#Cc1cc2c(nc1Cl)-c1ccccc1CC2. The van der Waals surface area contributed by atoms with Gasteiger partial charge in [0.15, 0.2) is 0 Å². The van der Waals surface area contributed by atoms with Gasteiger partial charge in [0.25, 0.3) is 0 Å². The normalized spacial score (nSPS) is 12.5. The molecule has 2 nitrogen and oxygen atoms in total. The van der Waals surface area contributed by atoms with Gasteiger partial charge in [-0.25, -0.2) is 4.98 Å². The Hall–Kier alpha value is -1.85. The van der Waals surface area contributed by atoms with Crippen LogP contribution in [0.4, 0.5) is 0 Å². The van der Waals surface area contributed by atoms with E-state index < -0.39 is 0 Å². The molecule has 0 N–H and O–H groups in total. The Kier molecular flexibility index (Phi) is 2.35. The third-order valence-corrected chi connectivity index (χ3v) is 3.40. The van der Waals surface area contributed by atoms with E-state index in [4.69, 9.17) is 16.9 Å². The number of rotatable bonds is 0. The summed E-state index contributed by atoms with van der Waals surface area (Å²) in [5.41, 5.74) is 4.94. The fourth-order valence-corrected chi connectivity index (χ4v) is 2.45. The van der Waals surface area contributed by atoms with Crippen LogP contribution < -0.4 is 0 Å². The fourth-order valence-electron chi connectivity index (χ4n) is 2.27. The highest BCUT2D eigenvalue weighted by Gasteiger charge is 2.18. The van der Waals surface area contributed by atoms with Crippen molar-refractivity contribution in [1.29, 1.82) is 5.26 Å². The van der Waals surface area contributed by atoms with Crippen LogP contribution in [0.5, 0.6) is 0 Å². The minimum Gasteiger partial charge on any atom is -0.234 e. The molecule has 1 aliphatic carbocycles. The number of fused-ring (bicyclic) bond motifs is 3. The van der Waals surface area contributed by atoms with Crippen molar-refractivity contribution in [3.63, 3.8) is 0 Å². The lowest BCUT2D eigenvalue weighted by Crippen LogP contribution is -2.06. The van der Waals surface area contributed by atoms with Crippen molar-refractivity contribution in [2.24, 2.45) is 0 Å². The largest absolute Gasteiger partial charge is 0.234 e. The van der Waals surface area contributed by atoms with Gasteiger partial charge in [0, 0.05) is 5.56 Å². The van der Waals surface area contributed by atoms with Gasteiger partial charge in [0.2, 0.25) is 0 Å². The highest BCUT2D eigenvalue weighted by atomic mass is 35.5. The van der Waals surface area contributed by atoms with Crippen molar-refractivity contribution in [3.8, 4) is 17.3 Å². The summed E-state index contributed by atoms with van der Waals surface area (Å²) in [6.45, 7) is 0.